The van der Waals surface area contributed by atoms with Crippen LogP contribution in [0.4, 0.5) is 0 Å². The third-order valence-electron chi connectivity index (χ3n) is 1.42. The minimum atomic E-state index is -1.17. The fourth-order valence-electron chi connectivity index (χ4n) is 0.663. The summed E-state index contributed by atoms with van der Waals surface area (Å²) in [6.45, 7) is 2.05. The quantitative estimate of drug-likeness (QED) is 0.488. The van der Waals surface area contributed by atoms with Crippen LogP contribution in [0, 0.1) is 11.3 Å². The number of carboxylic acid groups (broad SMARTS) is 1. The monoisotopic (exact) mass is 144 g/mol. The molecule has 0 fully saturated rings. The van der Waals surface area contributed by atoms with Crippen LogP contribution in [0.3, 0.4) is 0 Å². The Morgan fingerprint density at radius 1 is 1.80 bits per heavy atom. The molecule has 4 nitrogen and oxygen atoms in total. The SMILES string of the molecule is CC[C@@H](CN)C(=N)C(=O)O. The van der Waals surface area contributed by atoms with Crippen molar-refractivity contribution < 1.29 is 9.90 Å². The van der Waals surface area contributed by atoms with Gasteiger partial charge in [-0.05, 0) is 6.42 Å². The molecule has 0 aromatic heterocycles. The predicted octanol–water partition coefficient (Wildman–Crippen LogP) is 0.0757. The third-order valence-corrected chi connectivity index (χ3v) is 1.42. The molecule has 0 heterocycles. The molecule has 4 heteroatoms. The zero-order chi connectivity index (χ0) is 8.15. The molecule has 0 amide bonds. The zero-order valence-corrected chi connectivity index (χ0v) is 5.92. The number of carboxylic acids is 1. The lowest BCUT2D eigenvalue weighted by Gasteiger charge is -2.08. The van der Waals surface area contributed by atoms with Gasteiger partial charge in [0.2, 0.25) is 0 Å². The molecule has 58 valence electrons. The fourth-order valence-corrected chi connectivity index (χ4v) is 0.663. The third kappa shape index (κ3) is 2.14. The van der Waals surface area contributed by atoms with Crippen LogP contribution < -0.4 is 5.73 Å². The first-order valence-electron chi connectivity index (χ1n) is 3.15. The lowest BCUT2D eigenvalue weighted by atomic mass is 10.0. The molecular formula is C6H12N2O2. The van der Waals surface area contributed by atoms with Gasteiger partial charge in [-0.25, -0.2) is 4.79 Å². The van der Waals surface area contributed by atoms with Crippen molar-refractivity contribution in [2.45, 2.75) is 13.3 Å². The van der Waals surface area contributed by atoms with E-state index in [1.807, 2.05) is 6.92 Å². The maximum absolute atomic E-state index is 10.2. The Kier molecular flexibility index (Phi) is 3.64. The predicted molar refractivity (Wildman–Crippen MR) is 38.2 cm³/mol. The lowest BCUT2D eigenvalue weighted by Crippen LogP contribution is -2.28. The van der Waals surface area contributed by atoms with E-state index in [9.17, 15) is 4.79 Å². The van der Waals surface area contributed by atoms with E-state index < -0.39 is 5.97 Å². The number of hydrogen-bond donors (Lipinski definition) is 3. The molecule has 10 heavy (non-hydrogen) atoms. The average Bonchev–Trinajstić information content (AvgIpc) is 1.90. The Hall–Kier alpha value is -0.900. The Morgan fingerprint density at radius 3 is 2.40 bits per heavy atom. The van der Waals surface area contributed by atoms with Crippen LogP contribution in [-0.4, -0.2) is 23.3 Å². The van der Waals surface area contributed by atoms with Gasteiger partial charge in [0.1, 0.15) is 5.71 Å². The molecular weight excluding hydrogens is 132 g/mol. The van der Waals surface area contributed by atoms with E-state index in [1.165, 1.54) is 0 Å². The van der Waals surface area contributed by atoms with Gasteiger partial charge < -0.3 is 10.8 Å². The van der Waals surface area contributed by atoms with Crippen molar-refractivity contribution >= 4 is 11.7 Å². The molecule has 1 atom stereocenters. The normalized spacial score (nSPS) is 12.6. The largest absolute Gasteiger partial charge is 0.477 e. The summed E-state index contributed by atoms with van der Waals surface area (Å²) in [7, 11) is 0. The number of nitrogens with one attached hydrogen (secondary N) is 1. The molecule has 0 saturated heterocycles. The Balaban J connectivity index is 4.02. The summed E-state index contributed by atoms with van der Waals surface area (Å²) in [6.07, 6.45) is 0.613. The molecule has 0 aromatic carbocycles. The van der Waals surface area contributed by atoms with Crippen molar-refractivity contribution in [3.63, 3.8) is 0 Å². The van der Waals surface area contributed by atoms with Crippen molar-refractivity contribution in [2.75, 3.05) is 6.54 Å². The van der Waals surface area contributed by atoms with Crippen molar-refractivity contribution in [2.24, 2.45) is 11.7 Å². The van der Waals surface area contributed by atoms with E-state index in [4.69, 9.17) is 16.2 Å². The van der Waals surface area contributed by atoms with Gasteiger partial charge in [0.05, 0.1) is 0 Å². The van der Waals surface area contributed by atoms with Crippen LogP contribution in [0.15, 0.2) is 0 Å². The zero-order valence-electron chi connectivity index (χ0n) is 5.92. The Morgan fingerprint density at radius 2 is 2.30 bits per heavy atom. The van der Waals surface area contributed by atoms with Gasteiger partial charge in [-0.15, -0.1) is 0 Å². The van der Waals surface area contributed by atoms with E-state index in [2.05, 4.69) is 0 Å². The summed E-state index contributed by atoms with van der Waals surface area (Å²) in [4.78, 5) is 10.2. The van der Waals surface area contributed by atoms with Gasteiger partial charge in [0, 0.05) is 12.5 Å². The molecule has 0 unspecified atom stereocenters. The summed E-state index contributed by atoms with van der Waals surface area (Å²) in [5.74, 6) is -1.46. The van der Waals surface area contributed by atoms with Crippen molar-refractivity contribution in [1.82, 2.24) is 0 Å². The van der Waals surface area contributed by atoms with Gasteiger partial charge in [-0.2, -0.15) is 0 Å². The van der Waals surface area contributed by atoms with E-state index in [-0.39, 0.29) is 18.2 Å². The second-order valence-electron chi connectivity index (χ2n) is 2.06. The molecule has 0 rings (SSSR count). The maximum atomic E-state index is 10.2. The van der Waals surface area contributed by atoms with E-state index >= 15 is 0 Å². The molecule has 0 aromatic rings. The van der Waals surface area contributed by atoms with Crippen molar-refractivity contribution in [3.05, 3.63) is 0 Å². The number of aliphatic carboxylic acids is 1. The van der Waals surface area contributed by atoms with Gasteiger partial charge in [-0.3, -0.25) is 5.41 Å². The Bertz CT molecular complexity index is 141. The topological polar surface area (TPSA) is 87.2 Å². The number of nitrogens with two attached hydrogens (primary N) is 1. The highest BCUT2D eigenvalue weighted by molar-refractivity contribution is 6.35. The number of hydrogen-bond acceptors (Lipinski definition) is 3. The van der Waals surface area contributed by atoms with Crippen molar-refractivity contribution in [3.8, 4) is 0 Å². The van der Waals surface area contributed by atoms with Crippen molar-refractivity contribution in [1.29, 1.82) is 5.41 Å². The highest BCUT2D eigenvalue weighted by Crippen LogP contribution is 2.01. The fraction of sp³-hybridized carbons (Fsp3) is 0.667. The molecule has 0 radical (unpaired) electrons. The van der Waals surface area contributed by atoms with Gasteiger partial charge in [-0.1, -0.05) is 6.92 Å². The first-order chi connectivity index (χ1) is 4.63. The maximum Gasteiger partial charge on any atom is 0.349 e. The van der Waals surface area contributed by atoms with E-state index in [1.54, 1.807) is 0 Å². The minimum absolute atomic E-state index is 0.238. The van der Waals surface area contributed by atoms with Gasteiger partial charge in [0.15, 0.2) is 0 Å². The average molecular weight is 144 g/mol. The van der Waals surface area contributed by atoms with Gasteiger partial charge in [0.25, 0.3) is 0 Å². The van der Waals surface area contributed by atoms with E-state index in [0.29, 0.717) is 6.42 Å². The van der Waals surface area contributed by atoms with Crippen LogP contribution in [-0.2, 0) is 4.79 Å². The molecule has 0 aliphatic rings. The molecule has 4 N–H and O–H groups in total. The van der Waals surface area contributed by atoms with Gasteiger partial charge >= 0.3 is 5.97 Å². The van der Waals surface area contributed by atoms with Crippen LogP contribution in [0.25, 0.3) is 0 Å². The number of rotatable bonds is 4. The Labute approximate surface area is 59.5 Å². The smallest absolute Gasteiger partial charge is 0.349 e. The van der Waals surface area contributed by atoms with Crippen LogP contribution in [0.2, 0.25) is 0 Å². The summed E-state index contributed by atoms with van der Waals surface area (Å²) >= 11 is 0. The van der Waals surface area contributed by atoms with Crippen LogP contribution in [0.5, 0.6) is 0 Å². The van der Waals surface area contributed by atoms with Crippen LogP contribution in [0.1, 0.15) is 13.3 Å². The highest BCUT2D eigenvalue weighted by Gasteiger charge is 2.16. The summed E-state index contributed by atoms with van der Waals surface area (Å²) in [6, 6.07) is 0. The summed E-state index contributed by atoms with van der Waals surface area (Å²) < 4.78 is 0. The minimum Gasteiger partial charge on any atom is -0.477 e. The first kappa shape index (κ1) is 9.10. The molecule has 0 bridgehead atoms. The molecule has 0 aliphatic heterocycles. The molecule has 0 aliphatic carbocycles. The highest BCUT2D eigenvalue weighted by atomic mass is 16.4. The standard InChI is InChI=1S/C6H12N2O2/c1-2-4(3-7)5(8)6(9)10/h4,8H,2-3,7H2,1H3,(H,9,10)/t4-/m0/s1. The summed E-state index contributed by atoms with van der Waals surface area (Å²) in [5, 5.41) is 15.4. The summed E-state index contributed by atoms with van der Waals surface area (Å²) in [5.41, 5.74) is 4.93. The molecule has 0 saturated carbocycles. The van der Waals surface area contributed by atoms with Crippen LogP contribution >= 0.6 is 0 Å². The second-order valence-corrected chi connectivity index (χ2v) is 2.06. The first-order valence-corrected chi connectivity index (χ1v) is 3.15. The molecule has 0 spiro atoms. The second kappa shape index (κ2) is 4.00. The lowest BCUT2D eigenvalue weighted by molar-refractivity contribution is -0.129. The number of carbonyl (C=O) groups is 1. The van der Waals surface area contributed by atoms with E-state index in [0.717, 1.165) is 0 Å².